The van der Waals surface area contributed by atoms with E-state index < -0.39 is 6.10 Å². The number of terminal acetylenes is 1. The summed E-state index contributed by atoms with van der Waals surface area (Å²) in [4.78, 5) is 0. The maximum absolute atomic E-state index is 8.97. The minimum atomic E-state index is -0.604. The van der Waals surface area contributed by atoms with Crippen LogP contribution in [-0.4, -0.2) is 11.2 Å². The molecule has 1 N–H and O–H groups in total. The summed E-state index contributed by atoms with van der Waals surface area (Å²) in [6, 6.07) is 0. The van der Waals surface area contributed by atoms with E-state index in [0.29, 0.717) is 6.42 Å². The standard InChI is InChI=1S/C11H18O/c1-3-5-6-7-8-9-10-11(12)4-2/h2,8-9,11-12H,3,5-7,10H2,1H3/b9-8+/t11-/m0/s1. The molecule has 0 aromatic carbocycles. The van der Waals surface area contributed by atoms with Crippen LogP contribution in [0.25, 0.3) is 0 Å². The Morgan fingerprint density at radius 1 is 1.42 bits per heavy atom. The van der Waals surface area contributed by atoms with Gasteiger partial charge in [-0.2, -0.15) is 0 Å². The summed E-state index contributed by atoms with van der Waals surface area (Å²) in [5, 5.41) is 8.97. The molecule has 12 heavy (non-hydrogen) atoms. The van der Waals surface area contributed by atoms with Crippen molar-refractivity contribution in [3.63, 3.8) is 0 Å². The first-order valence-corrected chi connectivity index (χ1v) is 4.60. The van der Waals surface area contributed by atoms with Gasteiger partial charge in [0.2, 0.25) is 0 Å². The van der Waals surface area contributed by atoms with E-state index in [0.717, 1.165) is 6.42 Å². The Morgan fingerprint density at radius 2 is 2.17 bits per heavy atom. The molecule has 1 nitrogen and oxygen atoms in total. The number of aliphatic hydroxyl groups excluding tert-OH is 1. The normalized spacial score (nSPS) is 13.1. The lowest BCUT2D eigenvalue weighted by Crippen LogP contribution is -1.98. The molecule has 1 heteroatoms. The predicted molar refractivity (Wildman–Crippen MR) is 52.7 cm³/mol. The third-order valence-electron chi connectivity index (χ3n) is 1.69. The van der Waals surface area contributed by atoms with Crippen LogP contribution < -0.4 is 0 Å². The first kappa shape index (κ1) is 11.3. The van der Waals surface area contributed by atoms with Crippen molar-refractivity contribution >= 4 is 0 Å². The van der Waals surface area contributed by atoms with E-state index in [1.165, 1.54) is 19.3 Å². The van der Waals surface area contributed by atoms with Crippen molar-refractivity contribution in [1.29, 1.82) is 0 Å². The highest BCUT2D eigenvalue weighted by molar-refractivity contribution is 4.98. The second kappa shape index (κ2) is 8.36. The largest absolute Gasteiger partial charge is 0.380 e. The average molecular weight is 166 g/mol. The van der Waals surface area contributed by atoms with E-state index >= 15 is 0 Å². The highest BCUT2D eigenvalue weighted by atomic mass is 16.3. The van der Waals surface area contributed by atoms with E-state index in [4.69, 9.17) is 11.5 Å². The van der Waals surface area contributed by atoms with Gasteiger partial charge in [-0.1, -0.05) is 37.8 Å². The van der Waals surface area contributed by atoms with Gasteiger partial charge in [0.1, 0.15) is 6.10 Å². The first-order chi connectivity index (χ1) is 5.81. The highest BCUT2D eigenvalue weighted by Gasteiger charge is 1.91. The molecule has 0 amide bonds. The SMILES string of the molecule is C#C[C@H](O)C/C=C/CCCCC. The van der Waals surface area contributed by atoms with Crippen LogP contribution in [0.4, 0.5) is 0 Å². The van der Waals surface area contributed by atoms with Gasteiger partial charge in [0.15, 0.2) is 0 Å². The van der Waals surface area contributed by atoms with Crippen molar-refractivity contribution in [2.24, 2.45) is 0 Å². The van der Waals surface area contributed by atoms with Crippen LogP contribution in [0.1, 0.15) is 39.0 Å². The Kier molecular flexibility index (Phi) is 7.84. The van der Waals surface area contributed by atoms with Crippen LogP contribution in [0, 0.1) is 12.3 Å². The lowest BCUT2D eigenvalue weighted by atomic mass is 10.2. The smallest absolute Gasteiger partial charge is 0.117 e. The molecular weight excluding hydrogens is 148 g/mol. The number of hydrogen-bond acceptors (Lipinski definition) is 1. The molecule has 68 valence electrons. The summed E-state index contributed by atoms with van der Waals surface area (Å²) in [5.74, 6) is 2.27. The third-order valence-corrected chi connectivity index (χ3v) is 1.69. The molecular formula is C11H18O. The summed E-state index contributed by atoms with van der Waals surface area (Å²) in [7, 11) is 0. The number of rotatable bonds is 6. The number of hydrogen-bond donors (Lipinski definition) is 1. The molecule has 0 aliphatic carbocycles. The summed E-state index contributed by atoms with van der Waals surface area (Å²) < 4.78 is 0. The molecule has 0 saturated heterocycles. The Labute approximate surface area is 75.5 Å². The zero-order chi connectivity index (χ0) is 9.23. The summed E-state index contributed by atoms with van der Waals surface area (Å²) in [6.07, 6.45) is 13.9. The van der Waals surface area contributed by atoms with Gasteiger partial charge in [0.05, 0.1) is 0 Å². The molecule has 0 rings (SSSR count). The van der Waals surface area contributed by atoms with Crippen molar-refractivity contribution < 1.29 is 5.11 Å². The van der Waals surface area contributed by atoms with Gasteiger partial charge < -0.3 is 5.11 Å². The predicted octanol–water partition coefficient (Wildman–Crippen LogP) is 2.51. The minimum absolute atomic E-state index is 0.586. The fourth-order valence-corrected chi connectivity index (χ4v) is 0.923. The molecule has 0 spiro atoms. The van der Waals surface area contributed by atoms with E-state index in [1.807, 2.05) is 6.08 Å². The van der Waals surface area contributed by atoms with Crippen LogP contribution in [0.2, 0.25) is 0 Å². The first-order valence-electron chi connectivity index (χ1n) is 4.60. The maximum atomic E-state index is 8.97. The lowest BCUT2D eigenvalue weighted by Gasteiger charge is -1.96. The second-order valence-corrected chi connectivity index (χ2v) is 2.89. The molecule has 1 atom stereocenters. The van der Waals surface area contributed by atoms with Gasteiger partial charge in [0, 0.05) is 6.42 Å². The van der Waals surface area contributed by atoms with Crippen LogP contribution in [-0.2, 0) is 0 Å². The summed E-state index contributed by atoms with van der Waals surface area (Å²) in [5.41, 5.74) is 0. The van der Waals surface area contributed by atoms with E-state index in [9.17, 15) is 0 Å². The summed E-state index contributed by atoms with van der Waals surface area (Å²) in [6.45, 7) is 2.19. The van der Waals surface area contributed by atoms with Crippen LogP contribution in [0.15, 0.2) is 12.2 Å². The maximum Gasteiger partial charge on any atom is 0.117 e. The van der Waals surface area contributed by atoms with Gasteiger partial charge in [-0.15, -0.1) is 6.42 Å². The van der Waals surface area contributed by atoms with Crippen molar-refractivity contribution in [1.82, 2.24) is 0 Å². The Morgan fingerprint density at radius 3 is 2.75 bits per heavy atom. The van der Waals surface area contributed by atoms with E-state index in [2.05, 4.69) is 18.9 Å². The third kappa shape index (κ3) is 7.37. The highest BCUT2D eigenvalue weighted by Crippen LogP contribution is 2.00. The molecule has 0 aliphatic heterocycles. The molecule has 0 aromatic heterocycles. The van der Waals surface area contributed by atoms with Gasteiger partial charge in [-0.25, -0.2) is 0 Å². The van der Waals surface area contributed by atoms with Crippen molar-refractivity contribution in [3.8, 4) is 12.3 Å². The Bertz CT molecular complexity index is 153. The van der Waals surface area contributed by atoms with Crippen molar-refractivity contribution in [2.45, 2.75) is 45.1 Å². The van der Waals surface area contributed by atoms with Crippen molar-refractivity contribution in [3.05, 3.63) is 12.2 Å². The molecule has 0 heterocycles. The fraction of sp³-hybridized carbons (Fsp3) is 0.636. The van der Waals surface area contributed by atoms with E-state index in [1.54, 1.807) is 0 Å². The Hall–Kier alpha value is -0.740. The lowest BCUT2D eigenvalue weighted by molar-refractivity contribution is 0.236. The quantitative estimate of drug-likeness (QED) is 0.365. The molecule has 0 aromatic rings. The van der Waals surface area contributed by atoms with Gasteiger partial charge in [-0.05, 0) is 12.8 Å². The number of allylic oxidation sites excluding steroid dienone is 1. The van der Waals surface area contributed by atoms with Crippen molar-refractivity contribution in [2.75, 3.05) is 0 Å². The zero-order valence-electron chi connectivity index (χ0n) is 7.79. The molecule has 0 saturated carbocycles. The van der Waals surface area contributed by atoms with Crippen LogP contribution in [0.5, 0.6) is 0 Å². The molecule has 0 aliphatic rings. The fourth-order valence-electron chi connectivity index (χ4n) is 0.923. The summed E-state index contributed by atoms with van der Waals surface area (Å²) >= 11 is 0. The molecule has 0 unspecified atom stereocenters. The molecule has 0 bridgehead atoms. The van der Waals surface area contributed by atoms with E-state index in [-0.39, 0.29) is 0 Å². The number of unbranched alkanes of at least 4 members (excludes halogenated alkanes) is 3. The van der Waals surface area contributed by atoms with Gasteiger partial charge in [0.25, 0.3) is 0 Å². The average Bonchev–Trinajstić information content (AvgIpc) is 2.10. The second-order valence-electron chi connectivity index (χ2n) is 2.89. The monoisotopic (exact) mass is 166 g/mol. The molecule has 0 radical (unpaired) electrons. The van der Waals surface area contributed by atoms with Gasteiger partial charge in [-0.3, -0.25) is 0 Å². The van der Waals surface area contributed by atoms with Gasteiger partial charge >= 0.3 is 0 Å². The van der Waals surface area contributed by atoms with Crippen LogP contribution >= 0.6 is 0 Å². The zero-order valence-corrected chi connectivity index (χ0v) is 7.79. The van der Waals surface area contributed by atoms with Crippen LogP contribution in [0.3, 0.4) is 0 Å². The minimum Gasteiger partial charge on any atom is -0.380 e. The number of aliphatic hydroxyl groups is 1. The topological polar surface area (TPSA) is 20.2 Å². The Balaban J connectivity index is 3.21. The molecule has 0 fully saturated rings.